The molecule has 1 aromatic carbocycles. The Balaban J connectivity index is 1.89. The van der Waals surface area contributed by atoms with Gasteiger partial charge in [-0.3, -0.25) is 4.79 Å². The lowest BCUT2D eigenvalue weighted by molar-refractivity contribution is -0.121. The van der Waals surface area contributed by atoms with Crippen LogP contribution in [0.15, 0.2) is 28.7 Å². The quantitative estimate of drug-likeness (QED) is 0.901. The smallest absolute Gasteiger partial charge is 0.227 e. The predicted molar refractivity (Wildman–Crippen MR) is 77.3 cm³/mol. The average Bonchev–Trinajstić information content (AvgIpc) is 2.39. The summed E-state index contributed by atoms with van der Waals surface area (Å²) >= 11 is 3.40. The van der Waals surface area contributed by atoms with Gasteiger partial charge in [-0.2, -0.15) is 0 Å². The summed E-state index contributed by atoms with van der Waals surface area (Å²) in [6.45, 7) is 0.750. The van der Waals surface area contributed by atoms with Gasteiger partial charge in [0, 0.05) is 16.1 Å². The number of hydrogen-bond acceptors (Lipinski definition) is 2. The summed E-state index contributed by atoms with van der Waals surface area (Å²) in [5.41, 5.74) is 6.52. The molecule has 0 bridgehead atoms. The molecule has 1 aliphatic carbocycles. The number of benzene rings is 1. The number of carbonyl (C=O) groups excluding carboxylic acids is 1. The van der Waals surface area contributed by atoms with Gasteiger partial charge in [0.1, 0.15) is 0 Å². The molecular formula is C14H19BrN2O. The minimum Gasteiger partial charge on any atom is -0.330 e. The molecule has 0 radical (unpaired) electrons. The molecule has 2 rings (SSSR count). The van der Waals surface area contributed by atoms with Gasteiger partial charge in [-0.15, -0.1) is 0 Å². The zero-order valence-electron chi connectivity index (χ0n) is 10.4. The van der Waals surface area contributed by atoms with Crippen LogP contribution in [0.4, 0.5) is 5.69 Å². The second-order valence-corrected chi connectivity index (χ2v) is 5.87. The number of carbonyl (C=O) groups is 1. The molecule has 1 aromatic rings. The highest BCUT2D eigenvalue weighted by atomic mass is 79.9. The molecule has 1 fully saturated rings. The highest BCUT2D eigenvalue weighted by Crippen LogP contribution is 2.29. The molecule has 0 unspecified atom stereocenters. The van der Waals surface area contributed by atoms with Crippen LogP contribution in [0.1, 0.15) is 25.7 Å². The Labute approximate surface area is 116 Å². The van der Waals surface area contributed by atoms with Gasteiger partial charge in [0.25, 0.3) is 0 Å². The van der Waals surface area contributed by atoms with Crippen molar-refractivity contribution in [3.05, 3.63) is 28.7 Å². The van der Waals surface area contributed by atoms with Crippen LogP contribution in [0, 0.1) is 11.8 Å². The van der Waals surface area contributed by atoms with E-state index in [9.17, 15) is 4.79 Å². The van der Waals surface area contributed by atoms with Crippen LogP contribution in [0.25, 0.3) is 0 Å². The number of anilines is 1. The monoisotopic (exact) mass is 310 g/mol. The maximum atomic E-state index is 12.1. The van der Waals surface area contributed by atoms with Crippen LogP contribution < -0.4 is 11.1 Å². The van der Waals surface area contributed by atoms with Gasteiger partial charge in [-0.1, -0.05) is 22.0 Å². The van der Waals surface area contributed by atoms with Crippen LogP contribution >= 0.6 is 15.9 Å². The molecule has 0 heterocycles. The standard InChI is InChI=1S/C14H19BrN2O/c15-12-2-1-3-13(8-12)17-14(18)11-6-4-10(9-16)5-7-11/h1-3,8,10-11H,4-7,9,16H2,(H,17,18). The Bertz CT molecular complexity index is 414. The molecule has 1 aliphatic rings. The fourth-order valence-electron chi connectivity index (χ4n) is 2.47. The molecule has 0 atom stereocenters. The Morgan fingerprint density at radius 3 is 2.67 bits per heavy atom. The van der Waals surface area contributed by atoms with Gasteiger partial charge in [-0.05, 0) is 56.3 Å². The fraction of sp³-hybridized carbons (Fsp3) is 0.500. The van der Waals surface area contributed by atoms with Gasteiger partial charge >= 0.3 is 0 Å². The van der Waals surface area contributed by atoms with Crippen molar-refractivity contribution in [3.8, 4) is 0 Å². The van der Waals surface area contributed by atoms with E-state index in [0.717, 1.165) is 42.4 Å². The predicted octanol–water partition coefficient (Wildman–Crippen LogP) is 3.15. The Morgan fingerprint density at radius 1 is 1.33 bits per heavy atom. The van der Waals surface area contributed by atoms with E-state index in [1.165, 1.54) is 0 Å². The van der Waals surface area contributed by atoms with E-state index < -0.39 is 0 Å². The van der Waals surface area contributed by atoms with Gasteiger partial charge in [0.2, 0.25) is 5.91 Å². The van der Waals surface area contributed by atoms with Crippen LogP contribution in [0.2, 0.25) is 0 Å². The normalized spacial score (nSPS) is 23.7. The lowest BCUT2D eigenvalue weighted by Crippen LogP contribution is -2.29. The highest BCUT2D eigenvalue weighted by Gasteiger charge is 2.25. The lowest BCUT2D eigenvalue weighted by atomic mass is 9.81. The summed E-state index contributed by atoms with van der Waals surface area (Å²) in [5.74, 6) is 0.898. The third-order valence-corrected chi connectivity index (χ3v) is 4.14. The molecule has 3 N–H and O–H groups in total. The van der Waals surface area contributed by atoms with E-state index in [2.05, 4.69) is 21.2 Å². The van der Waals surface area contributed by atoms with Crippen LogP contribution in [-0.2, 0) is 4.79 Å². The third-order valence-electron chi connectivity index (χ3n) is 3.64. The summed E-state index contributed by atoms with van der Waals surface area (Å²) in [6, 6.07) is 7.70. The summed E-state index contributed by atoms with van der Waals surface area (Å²) in [4.78, 5) is 12.1. The Morgan fingerprint density at radius 2 is 2.06 bits per heavy atom. The van der Waals surface area contributed by atoms with Crippen LogP contribution in [0.5, 0.6) is 0 Å². The fourth-order valence-corrected chi connectivity index (χ4v) is 2.87. The summed E-state index contributed by atoms with van der Waals surface area (Å²) in [5, 5.41) is 2.99. The average molecular weight is 311 g/mol. The molecule has 0 aliphatic heterocycles. The molecular weight excluding hydrogens is 292 g/mol. The molecule has 18 heavy (non-hydrogen) atoms. The SMILES string of the molecule is NCC1CCC(C(=O)Nc2cccc(Br)c2)CC1. The summed E-state index contributed by atoms with van der Waals surface area (Å²) < 4.78 is 0.979. The number of nitrogens with two attached hydrogens (primary N) is 1. The lowest BCUT2D eigenvalue weighted by Gasteiger charge is -2.26. The third kappa shape index (κ3) is 3.56. The van der Waals surface area contributed by atoms with Crippen molar-refractivity contribution in [1.82, 2.24) is 0 Å². The molecule has 98 valence electrons. The van der Waals surface area contributed by atoms with Gasteiger partial charge < -0.3 is 11.1 Å². The molecule has 1 amide bonds. The zero-order valence-corrected chi connectivity index (χ0v) is 11.9. The first-order valence-corrected chi connectivity index (χ1v) is 7.25. The Hall–Kier alpha value is -0.870. The highest BCUT2D eigenvalue weighted by molar-refractivity contribution is 9.10. The minimum atomic E-state index is 0.142. The van der Waals surface area contributed by atoms with E-state index >= 15 is 0 Å². The van der Waals surface area contributed by atoms with Crippen LogP contribution in [-0.4, -0.2) is 12.5 Å². The second kappa shape index (κ2) is 6.34. The van der Waals surface area contributed by atoms with Crippen molar-refractivity contribution in [2.45, 2.75) is 25.7 Å². The molecule has 3 nitrogen and oxygen atoms in total. The van der Waals surface area contributed by atoms with E-state index in [4.69, 9.17) is 5.73 Å². The zero-order chi connectivity index (χ0) is 13.0. The van der Waals surface area contributed by atoms with Crippen molar-refractivity contribution in [3.63, 3.8) is 0 Å². The summed E-state index contributed by atoms with van der Waals surface area (Å²) in [6.07, 6.45) is 4.07. The summed E-state index contributed by atoms with van der Waals surface area (Å²) in [7, 11) is 0. The molecule has 4 heteroatoms. The first kappa shape index (κ1) is 13.6. The van der Waals surface area contributed by atoms with Crippen molar-refractivity contribution in [1.29, 1.82) is 0 Å². The molecule has 1 saturated carbocycles. The minimum absolute atomic E-state index is 0.142. The van der Waals surface area contributed by atoms with E-state index in [-0.39, 0.29) is 11.8 Å². The van der Waals surface area contributed by atoms with E-state index in [0.29, 0.717) is 5.92 Å². The maximum Gasteiger partial charge on any atom is 0.227 e. The molecule has 0 spiro atoms. The number of halogens is 1. The van der Waals surface area contributed by atoms with Crippen molar-refractivity contribution in [2.75, 3.05) is 11.9 Å². The van der Waals surface area contributed by atoms with Gasteiger partial charge in [-0.25, -0.2) is 0 Å². The first-order valence-electron chi connectivity index (χ1n) is 6.45. The second-order valence-electron chi connectivity index (χ2n) is 4.95. The Kier molecular flexibility index (Phi) is 4.78. The number of rotatable bonds is 3. The number of hydrogen-bond donors (Lipinski definition) is 2. The number of amides is 1. The molecule has 0 saturated heterocycles. The van der Waals surface area contributed by atoms with E-state index in [1.54, 1.807) is 0 Å². The van der Waals surface area contributed by atoms with Crippen molar-refractivity contribution in [2.24, 2.45) is 17.6 Å². The maximum absolute atomic E-state index is 12.1. The van der Waals surface area contributed by atoms with Gasteiger partial charge in [0.05, 0.1) is 0 Å². The van der Waals surface area contributed by atoms with Gasteiger partial charge in [0.15, 0.2) is 0 Å². The molecule has 0 aromatic heterocycles. The topological polar surface area (TPSA) is 55.1 Å². The first-order chi connectivity index (χ1) is 8.69. The van der Waals surface area contributed by atoms with E-state index in [1.807, 2.05) is 24.3 Å². The van der Waals surface area contributed by atoms with Crippen LogP contribution in [0.3, 0.4) is 0 Å². The number of nitrogens with one attached hydrogen (secondary N) is 1. The van der Waals surface area contributed by atoms with Crippen molar-refractivity contribution >= 4 is 27.5 Å². The van der Waals surface area contributed by atoms with Crippen molar-refractivity contribution < 1.29 is 4.79 Å². The largest absolute Gasteiger partial charge is 0.330 e.